The highest BCUT2D eigenvalue weighted by Crippen LogP contribution is 2.33. The van der Waals surface area contributed by atoms with Gasteiger partial charge in [-0.15, -0.1) is 5.10 Å². The summed E-state index contributed by atoms with van der Waals surface area (Å²) in [6.45, 7) is 0.903. The lowest BCUT2D eigenvalue weighted by atomic mass is 9.86. The quantitative estimate of drug-likeness (QED) is 0.642. The molecule has 2 aromatic carbocycles. The zero-order valence-corrected chi connectivity index (χ0v) is 15.2. The molecule has 6 nitrogen and oxygen atoms in total. The van der Waals surface area contributed by atoms with Crippen LogP contribution in [-0.4, -0.2) is 22.8 Å². The third kappa shape index (κ3) is 4.11. The summed E-state index contributed by atoms with van der Waals surface area (Å²) in [4.78, 5) is 11.3. The first-order valence-electron chi connectivity index (χ1n) is 9.44. The van der Waals surface area contributed by atoms with Crippen molar-refractivity contribution in [1.82, 2.24) is 10.2 Å². The van der Waals surface area contributed by atoms with Crippen LogP contribution in [0.15, 0.2) is 57.7 Å². The van der Waals surface area contributed by atoms with E-state index in [0.717, 1.165) is 54.6 Å². The van der Waals surface area contributed by atoms with Crippen molar-refractivity contribution < 1.29 is 4.42 Å². The molecule has 0 radical (unpaired) electrons. The molecule has 1 heterocycles. The van der Waals surface area contributed by atoms with Gasteiger partial charge in [0.25, 0.3) is 0 Å². The van der Waals surface area contributed by atoms with E-state index in [1.165, 1.54) is 0 Å². The minimum absolute atomic E-state index is 0.298. The van der Waals surface area contributed by atoms with E-state index in [0.29, 0.717) is 17.9 Å². The molecule has 0 bridgehead atoms. The summed E-state index contributed by atoms with van der Waals surface area (Å²) in [6, 6.07) is 16.6. The van der Waals surface area contributed by atoms with Gasteiger partial charge in [0.05, 0.1) is 0 Å². The molecule has 140 valence electrons. The van der Waals surface area contributed by atoms with Gasteiger partial charge in [0.15, 0.2) is 0 Å². The third-order valence-corrected chi connectivity index (χ3v) is 5.26. The number of nitrogens with one attached hydrogen (secondary N) is 2. The highest BCUT2D eigenvalue weighted by Gasteiger charge is 2.19. The summed E-state index contributed by atoms with van der Waals surface area (Å²) in [5, 5.41) is 9.87. The Morgan fingerprint density at radius 2 is 1.85 bits per heavy atom. The van der Waals surface area contributed by atoms with Gasteiger partial charge in [0.1, 0.15) is 0 Å². The third-order valence-electron chi connectivity index (χ3n) is 5.26. The van der Waals surface area contributed by atoms with Crippen LogP contribution in [0.3, 0.4) is 0 Å². The molecule has 0 saturated heterocycles. The summed E-state index contributed by atoms with van der Waals surface area (Å²) >= 11 is 0. The number of aromatic amines is 1. The van der Waals surface area contributed by atoms with E-state index < -0.39 is 5.76 Å². The molecule has 1 aliphatic rings. The lowest BCUT2D eigenvalue weighted by Gasteiger charge is -2.27. The Labute approximate surface area is 157 Å². The predicted octanol–water partition coefficient (Wildman–Crippen LogP) is 3.63. The van der Waals surface area contributed by atoms with Gasteiger partial charge in [0.2, 0.25) is 5.89 Å². The largest absolute Gasteiger partial charge is 0.434 e. The molecular weight excluding hydrogens is 340 g/mol. The maximum Gasteiger partial charge on any atom is 0.434 e. The molecule has 0 aliphatic heterocycles. The predicted molar refractivity (Wildman–Crippen MR) is 106 cm³/mol. The molecule has 0 atom stereocenters. The Bertz CT molecular complexity index is 940. The summed E-state index contributed by atoms with van der Waals surface area (Å²) in [5.74, 6) is 0.372. The average molecular weight is 364 g/mol. The van der Waals surface area contributed by atoms with E-state index in [2.05, 4.69) is 27.6 Å². The lowest BCUT2D eigenvalue weighted by molar-refractivity contribution is 0.339. The van der Waals surface area contributed by atoms with Gasteiger partial charge < -0.3 is 15.5 Å². The van der Waals surface area contributed by atoms with Crippen LogP contribution in [-0.2, 0) is 0 Å². The maximum atomic E-state index is 11.3. The molecule has 0 amide bonds. The number of hydrogen-bond donors (Lipinski definition) is 3. The molecule has 1 fully saturated rings. The highest BCUT2D eigenvalue weighted by atomic mass is 16.4. The van der Waals surface area contributed by atoms with Crippen LogP contribution >= 0.6 is 0 Å². The van der Waals surface area contributed by atoms with Gasteiger partial charge in [0, 0.05) is 29.4 Å². The number of aromatic nitrogens is 2. The van der Waals surface area contributed by atoms with Crippen molar-refractivity contribution in [3.05, 3.63) is 59.1 Å². The van der Waals surface area contributed by atoms with Gasteiger partial charge in [-0.3, -0.25) is 0 Å². The standard InChI is InChI=1S/C21H24N4O2/c22-17-9-6-14(7-10-17)13-23-19-12-16(20-24-25-21(26)27-20)8-11-18(19)15-4-2-1-3-5-15/h1-5,8,11-12,14,17,23H,6-7,9-10,13,22H2,(H,25,26)/t14-,17-. The molecular formula is C21H24N4O2. The van der Waals surface area contributed by atoms with Crippen molar-refractivity contribution in [1.29, 1.82) is 0 Å². The van der Waals surface area contributed by atoms with Gasteiger partial charge in [-0.2, -0.15) is 0 Å². The Hall–Kier alpha value is -2.86. The zero-order chi connectivity index (χ0) is 18.6. The van der Waals surface area contributed by atoms with Crippen molar-refractivity contribution >= 4 is 5.69 Å². The molecule has 1 aliphatic carbocycles. The Morgan fingerprint density at radius 3 is 2.56 bits per heavy atom. The molecule has 6 heteroatoms. The smallest absolute Gasteiger partial charge is 0.388 e. The fraction of sp³-hybridized carbons (Fsp3) is 0.333. The number of nitrogens with two attached hydrogens (primary N) is 1. The van der Waals surface area contributed by atoms with Crippen LogP contribution in [0.5, 0.6) is 0 Å². The van der Waals surface area contributed by atoms with Gasteiger partial charge in [-0.1, -0.05) is 36.4 Å². The van der Waals surface area contributed by atoms with Crippen LogP contribution in [0.1, 0.15) is 25.7 Å². The molecule has 0 unspecified atom stereocenters. The highest BCUT2D eigenvalue weighted by molar-refractivity contribution is 5.81. The summed E-state index contributed by atoms with van der Waals surface area (Å²) in [6.07, 6.45) is 4.50. The van der Waals surface area contributed by atoms with Crippen LogP contribution < -0.4 is 16.8 Å². The first-order chi connectivity index (χ1) is 13.2. The number of nitrogens with zero attached hydrogens (tertiary/aromatic N) is 1. The molecule has 1 saturated carbocycles. The Kier molecular flexibility index (Phi) is 5.07. The topological polar surface area (TPSA) is 96.9 Å². The number of H-pyrrole nitrogens is 1. The van der Waals surface area contributed by atoms with E-state index in [9.17, 15) is 4.79 Å². The second-order valence-corrected chi connectivity index (χ2v) is 7.21. The summed E-state index contributed by atoms with van der Waals surface area (Å²) in [5.41, 5.74) is 10.1. The number of anilines is 1. The van der Waals surface area contributed by atoms with Crippen molar-refractivity contribution in [3.63, 3.8) is 0 Å². The number of benzene rings is 2. The van der Waals surface area contributed by atoms with E-state index in [4.69, 9.17) is 10.2 Å². The van der Waals surface area contributed by atoms with Crippen molar-refractivity contribution in [2.75, 3.05) is 11.9 Å². The van der Waals surface area contributed by atoms with Crippen molar-refractivity contribution in [2.45, 2.75) is 31.7 Å². The molecule has 27 heavy (non-hydrogen) atoms. The minimum Gasteiger partial charge on any atom is -0.388 e. The Morgan fingerprint density at radius 1 is 1.07 bits per heavy atom. The first-order valence-corrected chi connectivity index (χ1v) is 9.44. The van der Waals surface area contributed by atoms with E-state index in [-0.39, 0.29) is 0 Å². The monoisotopic (exact) mass is 364 g/mol. The zero-order valence-electron chi connectivity index (χ0n) is 15.2. The van der Waals surface area contributed by atoms with Crippen LogP contribution in [0.2, 0.25) is 0 Å². The second kappa shape index (κ2) is 7.80. The lowest BCUT2D eigenvalue weighted by Crippen LogP contribution is -2.29. The summed E-state index contributed by atoms with van der Waals surface area (Å²) < 4.78 is 5.11. The molecule has 4 rings (SSSR count). The van der Waals surface area contributed by atoms with Crippen LogP contribution in [0.4, 0.5) is 5.69 Å². The number of rotatable bonds is 5. The Balaban J connectivity index is 1.62. The molecule has 0 spiro atoms. The van der Waals surface area contributed by atoms with Gasteiger partial charge in [-0.05, 0) is 49.3 Å². The van der Waals surface area contributed by atoms with E-state index >= 15 is 0 Å². The minimum atomic E-state index is -0.551. The maximum absolute atomic E-state index is 11.3. The number of hydrogen-bond acceptors (Lipinski definition) is 5. The van der Waals surface area contributed by atoms with E-state index in [1.807, 2.05) is 36.4 Å². The van der Waals surface area contributed by atoms with Crippen molar-refractivity contribution in [3.8, 4) is 22.6 Å². The average Bonchev–Trinajstić information content (AvgIpc) is 3.14. The molecule has 4 N–H and O–H groups in total. The van der Waals surface area contributed by atoms with Crippen molar-refractivity contribution in [2.24, 2.45) is 11.7 Å². The normalized spacial score (nSPS) is 19.7. The van der Waals surface area contributed by atoms with Crippen LogP contribution in [0, 0.1) is 5.92 Å². The second-order valence-electron chi connectivity index (χ2n) is 7.21. The fourth-order valence-electron chi connectivity index (χ4n) is 3.69. The summed E-state index contributed by atoms with van der Waals surface area (Å²) in [7, 11) is 0. The molecule has 1 aromatic heterocycles. The van der Waals surface area contributed by atoms with Gasteiger partial charge in [-0.25, -0.2) is 9.89 Å². The first kappa shape index (κ1) is 17.5. The van der Waals surface area contributed by atoms with E-state index in [1.54, 1.807) is 0 Å². The fourth-order valence-corrected chi connectivity index (χ4v) is 3.69. The SMILES string of the molecule is N[C@H]1CC[C@H](CNc2cc(-c3n[nH]c(=O)o3)ccc2-c2ccccc2)CC1. The molecule has 3 aromatic rings. The van der Waals surface area contributed by atoms with Gasteiger partial charge >= 0.3 is 5.76 Å². The van der Waals surface area contributed by atoms with Crippen LogP contribution in [0.25, 0.3) is 22.6 Å².